The van der Waals surface area contributed by atoms with Gasteiger partial charge >= 0.3 is 5.97 Å². The average molecular weight is 205 g/mol. The van der Waals surface area contributed by atoms with Crippen LogP contribution in [0.3, 0.4) is 0 Å². The van der Waals surface area contributed by atoms with E-state index in [4.69, 9.17) is 0 Å². The van der Waals surface area contributed by atoms with Crippen molar-refractivity contribution >= 4 is 16.9 Å². The van der Waals surface area contributed by atoms with Crippen LogP contribution in [0.25, 0.3) is 10.9 Å². The van der Waals surface area contributed by atoms with Gasteiger partial charge in [0, 0.05) is 11.5 Å². The molecule has 0 aliphatic rings. The number of ether oxygens (including phenoxy) is 1. The summed E-state index contributed by atoms with van der Waals surface area (Å²) in [5, 5.41) is 0.782. The third-order valence-electron chi connectivity index (χ3n) is 2.05. The minimum atomic E-state index is -0.527. The summed E-state index contributed by atoms with van der Waals surface area (Å²) in [6.07, 6.45) is 0. The number of carbonyl (C=O) groups is 1. The lowest BCUT2D eigenvalue weighted by Crippen LogP contribution is -2.03. The van der Waals surface area contributed by atoms with Gasteiger partial charge in [-0.15, -0.1) is 0 Å². The van der Waals surface area contributed by atoms with Crippen LogP contribution < -0.4 is 0 Å². The molecule has 2 aromatic rings. The number of hydrogen-bond acceptors (Lipinski definition) is 3. The Bertz CT molecular complexity index is 525. The lowest BCUT2D eigenvalue weighted by atomic mass is 10.2. The van der Waals surface area contributed by atoms with E-state index in [0.29, 0.717) is 5.52 Å². The number of pyridine rings is 1. The Labute approximate surface area is 85.5 Å². The van der Waals surface area contributed by atoms with E-state index in [-0.39, 0.29) is 11.5 Å². The predicted octanol–water partition coefficient (Wildman–Crippen LogP) is 2.16. The van der Waals surface area contributed by atoms with Gasteiger partial charge in [-0.1, -0.05) is 6.07 Å². The van der Waals surface area contributed by atoms with Gasteiger partial charge in [0.25, 0.3) is 0 Å². The second kappa shape index (κ2) is 3.65. The van der Waals surface area contributed by atoms with Crippen molar-refractivity contribution < 1.29 is 13.9 Å². The number of halogens is 1. The van der Waals surface area contributed by atoms with Crippen LogP contribution in [-0.2, 0) is 4.74 Å². The highest BCUT2D eigenvalue weighted by Gasteiger charge is 2.07. The maximum atomic E-state index is 12.9. The summed E-state index contributed by atoms with van der Waals surface area (Å²) in [4.78, 5) is 15.2. The third-order valence-corrected chi connectivity index (χ3v) is 2.05. The molecule has 0 N–H and O–H groups in total. The zero-order valence-electron chi connectivity index (χ0n) is 8.03. The summed E-state index contributed by atoms with van der Waals surface area (Å²) >= 11 is 0. The van der Waals surface area contributed by atoms with Crippen LogP contribution in [-0.4, -0.2) is 18.1 Å². The van der Waals surface area contributed by atoms with Crippen molar-refractivity contribution in [2.75, 3.05) is 7.11 Å². The van der Waals surface area contributed by atoms with Crippen molar-refractivity contribution in [2.24, 2.45) is 0 Å². The fourth-order valence-electron chi connectivity index (χ4n) is 1.31. The molecule has 1 aromatic heterocycles. The summed E-state index contributed by atoms with van der Waals surface area (Å²) in [7, 11) is 1.28. The van der Waals surface area contributed by atoms with Gasteiger partial charge in [-0.3, -0.25) is 0 Å². The Morgan fingerprint density at radius 1 is 1.33 bits per heavy atom. The number of nitrogens with zero attached hydrogens (tertiary/aromatic N) is 1. The first kappa shape index (κ1) is 9.58. The van der Waals surface area contributed by atoms with Gasteiger partial charge in [-0.05, 0) is 18.2 Å². The van der Waals surface area contributed by atoms with Crippen LogP contribution in [0.15, 0.2) is 30.3 Å². The number of hydrogen-bond donors (Lipinski definition) is 0. The lowest BCUT2D eigenvalue weighted by Gasteiger charge is -2.00. The largest absolute Gasteiger partial charge is 0.464 e. The topological polar surface area (TPSA) is 39.2 Å². The maximum Gasteiger partial charge on any atom is 0.356 e. The van der Waals surface area contributed by atoms with Gasteiger partial charge in [0.1, 0.15) is 11.5 Å². The van der Waals surface area contributed by atoms with E-state index < -0.39 is 5.97 Å². The predicted molar refractivity (Wildman–Crippen MR) is 53.0 cm³/mol. The van der Waals surface area contributed by atoms with Crippen LogP contribution in [0.1, 0.15) is 10.5 Å². The molecule has 0 aliphatic carbocycles. The van der Waals surface area contributed by atoms with Crippen LogP contribution in [0.2, 0.25) is 0 Å². The van der Waals surface area contributed by atoms with E-state index >= 15 is 0 Å². The fourth-order valence-corrected chi connectivity index (χ4v) is 1.31. The molecule has 0 saturated heterocycles. The highest BCUT2D eigenvalue weighted by molar-refractivity contribution is 5.90. The SMILES string of the molecule is COC(=O)c1ccc2ccc(F)cc2n1. The van der Waals surface area contributed by atoms with Gasteiger partial charge in [-0.25, -0.2) is 14.2 Å². The summed E-state index contributed by atoms with van der Waals surface area (Å²) in [5.41, 5.74) is 0.619. The quantitative estimate of drug-likeness (QED) is 0.669. The van der Waals surface area contributed by atoms with Crippen molar-refractivity contribution in [1.82, 2.24) is 4.98 Å². The summed E-state index contributed by atoms with van der Waals surface area (Å²) in [5.74, 6) is -0.904. The van der Waals surface area contributed by atoms with E-state index in [1.54, 1.807) is 18.2 Å². The minimum absolute atomic E-state index is 0.176. The highest BCUT2D eigenvalue weighted by atomic mass is 19.1. The first-order chi connectivity index (χ1) is 7.20. The van der Waals surface area contributed by atoms with Gasteiger partial charge in [0.15, 0.2) is 0 Å². The molecule has 0 spiro atoms. The summed E-state index contributed by atoms with van der Waals surface area (Å²) < 4.78 is 17.4. The van der Waals surface area contributed by atoms with Crippen molar-refractivity contribution in [3.05, 3.63) is 41.8 Å². The Morgan fingerprint density at radius 3 is 2.80 bits per heavy atom. The summed E-state index contributed by atoms with van der Waals surface area (Å²) in [6.45, 7) is 0. The van der Waals surface area contributed by atoms with Crippen molar-refractivity contribution in [1.29, 1.82) is 0 Å². The number of benzene rings is 1. The van der Waals surface area contributed by atoms with Gasteiger partial charge in [-0.2, -0.15) is 0 Å². The number of fused-ring (bicyclic) bond motifs is 1. The molecule has 2 rings (SSSR count). The Kier molecular flexibility index (Phi) is 2.33. The molecule has 0 aliphatic heterocycles. The van der Waals surface area contributed by atoms with E-state index in [1.807, 2.05) is 0 Å². The molecule has 0 atom stereocenters. The second-order valence-corrected chi connectivity index (χ2v) is 3.03. The monoisotopic (exact) mass is 205 g/mol. The number of methoxy groups -OCH3 is 1. The van der Waals surface area contributed by atoms with Gasteiger partial charge < -0.3 is 4.74 Å². The maximum absolute atomic E-state index is 12.9. The fraction of sp³-hybridized carbons (Fsp3) is 0.0909. The molecule has 0 fully saturated rings. The number of carbonyl (C=O) groups excluding carboxylic acids is 1. The van der Waals surface area contributed by atoms with E-state index in [1.165, 1.54) is 19.2 Å². The van der Waals surface area contributed by atoms with Crippen LogP contribution in [0.4, 0.5) is 4.39 Å². The molecular weight excluding hydrogens is 197 g/mol. The average Bonchev–Trinajstić information content (AvgIpc) is 2.27. The first-order valence-electron chi connectivity index (χ1n) is 4.35. The van der Waals surface area contributed by atoms with Crippen molar-refractivity contribution in [3.8, 4) is 0 Å². The zero-order chi connectivity index (χ0) is 10.8. The molecule has 4 heteroatoms. The van der Waals surface area contributed by atoms with Crippen LogP contribution >= 0.6 is 0 Å². The van der Waals surface area contributed by atoms with Crippen LogP contribution in [0.5, 0.6) is 0 Å². The lowest BCUT2D eigenvalue weighted by molar-refractivity contribution is 0.0594. The van der Waals surface area contributed by atoms with Gasteiger partial charge in [0.2, 0.25) is 0 Å². The molecule has 0 unspecified atom stereocenters. The van der Waals surface area contributed by atoms with E-state index in [0.717, 1.165) is 5.39 Å². The second-order valence-electron chi connectivity index (χ2n) is 3.03. The number of esters is 1. The molecule has 0 amide bonds. The molecule has 76 valence electrons. The minimum Gasteiger partial charge on any atom is -0.464 e. The van der Waals surface area contributed by atoms with E-state index in [9.17, 15) is 9.18 Å². The Morgan fingerprint density at radius 2 is 2.07 bits per heavy atom. The van der Waals surface area contributed by atoms with Gasteiger partial charge in [0.05, 0.1) is 12.6 Å². The first-order valence-corrected chi connectivity index (χ1v) is 4.35. The van der Waals surface area contributed by atoms with E-state index in [2.05, 4.69) is 9.72 Å². The molecule has 0 bridgehead atoms. The smallest absolute Gasteiger partial charge is 0.356 e. The zero-order valence-corrected chi connectivity index (χ0v) is 8.03. The van der Waals surface area contributed by atoms with Crippen molar-refractivity contribution in [2.45, 2.75) is 0 Å². The Balaban J connectivity index is 2.59. The number of rotatable bonds is 1. The molecule has 1 heterocycles. The number of aromatic nitrogens is 1. The molecule has 3 nitrogen and oxygen atoms in total. The molecule has 1 aromatic carbocycles. The summed E-state index contributed by atoms with van der Waals surface area (Å²) in [6, 6.07) is 7.49. The molecular formula is C11H8FNO2. The van der Waals surface area contributed by atoms with Crippen LogP contribution in [0, 0.1) is 5.82 Å². The van der Waals surface area contributed by atoms with Crippen molar-refractivity contribution in [3.63, 3.8) is 0 Å². The highest BCUT2D eigenvalue weighted by Crippen LogP contribution is 2.14. The molecule has 0 saturated carbocycles. The Hall–Kier alpha value is -1.97. The molecule has 15 heavy (non-hydrogen) atoms. The third kappa shape index (κ3) is 1.79. The molecule has 0 radical (unpaired) electrons. The standard InChI is InChI=1S/C11H8FNO2/c1-15-11(14)9-5-3-7-2-4-8(12)6-10(7)13-9/h2-6H,1H3. The normalized spacial score (nSPS) is 10.3.